The summed E-state index contributed by atoms with van der Waals surface area (Å²) >= 11 is 0. The first kappa shape index (κ1) is 12.0. The van der Waals surface area contributed by atoms with Gasteiger partial charge in [0.15, 0.2) is 5.60 Å². The lowest BCUT2D eigenvalue weighted by atomic mass is 10.0. The molecule has 84 valence electrons. The Kier molecular flexibility index (Phi) is 4.12. The molecule has 1 aromatic rings. The van der Waals surface area contributed by atoms with Gasteiger partial charge in [-0.1, -0.05) is 24.6 Å². The second-order valence-electron chi connectivity index (χ2n) is 3.77. The molecule has 3 heteroatoms. The van der Waals surface area contributed by atoms with Crippen molar-refractivity contribution in [2.24, 2.45) is 0 Å². The van der Waals surface area contributed by atoms with Crippen molar-refractivity contribution in [3.05, 3.63) is 29.8 Å². The van der Waals surface area contributed by atoms with E-state index in [0.29, 0.717) is 12.2 Å². The van der Waals surface area contributed by atoms with Crippen LogP contribution in [-0.2, 0) is 0 Å². The average molecular weight is 210 g/mol. The zero-order valence-electron chi connectivity index (χ0n) is 9.23. The minimum Gasteiger partial charge on any atom is -0.482 e. The quantitative estimate of drug-likeness (QED) is 0.774. The predicted octanol–water partition coefficient (Wildman–Crippen LogP) is 1.51. The largest absolute Gasteiger partial charge is 0.482 e. The summed E-state index contributed by atoms with van der Waals surface area (Å²) in [6, 6.07) is 7.55. The van der Waals surface area contributed by atoms with Gasteiger partial charge in [0.05, 0.1) is 13.2 Å². The van der Waals surface area contributed by atoms with E-state index in [-0.39, 0.29) is 13.2 Å². The third kappa shape index (κ3) is 2.94. The molecule has 15 heavy (non-hydrogen) atoms. The Morgan fingerprint density at radius 2 is 1.67 bits per heavy atom. The number of aliphatic hydroxyl groups is 2. The van der Waals surface area contributed by atoms with E-state index < -0.39 is 5.60 Å². The van der Waals surface area contributed by atoms with Crippen molar-refractivity contribution in [2.75, 3.05) is 13.2 Å². The van der Waals surface area contributed by atoms with Crippen LogP contribution in [0.15, 0.2) is 24.3 Å². The summed E-state index contributed by atoms with van der Waals surface area (Å²) in [6.45, 7) is 3.50. The third-order valence-corrected chi connectivity index (χ3v) is 2.58. The Hall–Kier alpha value is -1.06. The van der Waals surface area contributed by atoms with Crippen molar-refractivity contribution in [3.8, 4) is 5.75 Å². The second-order valence-corrected chi connectivity index (χ2v) is 3.77. The highest BCUT2D eigenvalue weighted by molar-refractivity contribution is 5.27. The van der Waals surface area contributed by atoms with Crippen LogP contribution in [0.5, 0.6) is 5.75 Å². The molecule has 1 aromatic carbocycles. The second kappa shape index (κ2) is 5.14. The number of rotatable bonds is 5. The van der Waals surface area contributed by atoms with Crippen LogP contribution >= 0.6 is 0 Å². The molecule has 0 aliphatic rings. The first-order valence-electron chi connectivity index (χ1n) is 5.13. The van der Waals surface area contributed by atoms with E-state index in [1.807, 2.05) is 38.1 Å². The van der Waals surface area contributed by atoms with Gasteiger partial charge in [-0.3, -0.25) is 0 Å². The summed E-state index contributed by atoms with van der Waals surface area (Å²) < 4.78 is 5.60. The fourth-order valence-electron chi connectivity index (χ4n) is 1.27. The normalized spacial score (nSPS) is 11.5. The van der Waals surface area contributed by atoms with Crippen LogP contribution in [0.2, 0.25) is 0 Å². The standard InChI is InChI=1S/C12H18O3/c1-3-12(8-13,9-14)15-11-6-4-10(2)5-7-11/h4-7,13-14H,3,8-9H2,1-2H3. The van der Waals surface area contributed by atoms with Crippen LogP contribution in [0.3, 0.4) is 0 Å². The molecule has 3 nitrogen and oxygen atoms in total. The van der Waals surface area contributed by atoms with Gasteiger partial charge in [-0.05, 0) is 25.5 Å². The predicted molar refractivity (Wildman–Crippen MR) is 59.0 cm³/mol. The van der Waals surface area contributed by atoms with Gasteiger partial charge in [-0.25, -0.2) is 0 Å². The fourth-order valence-corrected chi connectivity index (χ4v) is 1.27. The molecule has 0 saturated carbocycles. The summed E-state index contributed by atoms with van der Waals surface area (Å²) in [5, 5.41) is 18.4. The smallest absolute Gasteiger partial charge is 0.154 e. The Labute approximate surface area is 90.3 Å². The van der Waals surface area contributed by atoms with Crippen LogP contribution in [0, 0.1) is 6.92 Å². The molecule has 0 aliphatic carbocycles. The number of ether oxygens (including phenoxy) is 1. The number of hydrogen-bond acceptors (Lipinski definition) is 3. The fraction of sp³-hybridized carbons (Fsp3) is 0.500. The zero-order valence-corrected chi connectivity index (χ0v) is 9.23. The number of benzene rings is 1. The van der Waals surface area contributed by atoms with Crippen LogP contribution in [0.4, 0.5) is 0 Å². The van der Waals surface area contributed by atoms with E-state index >= 15 is 0 Å². The van der Waals surface area contributed by atoms with Crippen molar-refractivity contribution in [1.82, 2.24) is 0 Å². The zero-order chi connectivity index (χ0) is 11.3. The lowest BCUT2D eigenvalue weighted by Gasteiger charge is -2.29. The summed E-state index contributed by atoms with van der Waals surface area (Å²) in [5.74, 6) is 0.672. The maximum Gasteiger partial charge on any atom is 0.154 e. The van der Waals surface area contributed by atoms with E-state index in [2.05, 4.69) is 0 Å². The van der Waals surface area contributed by atoms with E-state index in [0.717, 1.165) is 5.56 Å². The maximum atomic E-state index is 9.21. The Morgan fingerprint density at radius 3 is 2.07 bits per heavy atom. The number of hydrogen-bond donors (Lipinski definition) is 2. The van der Waals surface area contributed by atoms with Crippen molar-refractivity contribution >= 4 is 0 Å². The molecule has 0 aromatic heterocycles. The number of aliphatic hydroxyl groups excluding tert-OH is 2. The first-order valence-corrected chi connectivity index (χ1v) is 5.13. The van der Waals surface area contributed by atoms with Gasteiger partial charge in [0.1, 0.15) is 5.75 Å². The lowest BCUT2D eigenvalue weighted by Crippen LogP contribution is -2.43. The summed E-state index contributed by atoms with van der Waals surface area (Å²) in [6.07, 6.45) is 0.563. The molecular weight excluding hydrogens is 192 g/mol. The molecule has 2 N–H and O–H groups in total. The molecule has 1 rings (SSSR count). The molecule has 0 amide bonds. The molecule has 0 fully saturated rings. The minimum atomic E-state index is -0.866. The average Bonchev–Trinajstić information content (AvgIpc) is 2.29. The SMILES string of the molecule is CCC(CO)(CO)Oc1ccc(C)cc1. The third-order valence-electron chi connectivity index (χ3n) is 2.58. The topological polar surface area (TPSA) is 49.7 Å². The van der Waals surface area contributed by atoms with Gasteiger partial charge in [-0.15, -0.1) is 0 Å². The Bertz CT molecular complexity index is 280. The van der Waals surface area contributed by atoms with Gasteiger partial charge in [0, 0.05) is 0 Å². The Balaban J connectivity index is 2.78. The molecule has 0 aliphatic heterocycles. The summed E-state index contributed by atoms with van der Waals surface area (Å²) in [7, 11) is 0. The summed E-state index contributed by atoms with van der Waals surface area (Å²) in [5.41, 5.74) is 0.285. The van der Waals surface area contributed by atoms with Crippen LogP contribution in [0.1, 0.15) is 18.9 Å². The molecule has 0 saturated heterocycles. The van der Waals surface area contributed by atoms with Crippen LogP contribution < -0.4 is 4.74 Å². The lowest BCUT2D eigenvalue weighted by molar-refractivity contribution is -0.0362. The molecule has 0 atom stereocenters. The van der Waals surface area contributed by atoms with Gasteiger partial charge in [0.2, 0.25) is 0 Å². The monoisotopic (exact) mass is 210 g/mol. The van der Waals surface area contributed by atoms with Crippen molar-refractivity contribution in [3.63, 3.8) is 0 Å². The van der Waals surface area contributed by atoms with E-state index in [1.54, 1.807) is 0 Å². The minimum absolute atomic E-state index is 0.187. The van der Waals surface area contributed by atoms with Gasteiger partial charge in [0.25, 0.3) is 0 Å². The van der Waals surface area contributed by atoms with Crippen molar-refractivity contribution < 1.29 is 14.9 Å². The van der Waals surface area contributed by atoms with Crippen LogP contribution in [-0.4, -0.2) is 29.0 Å². The molecule has 0 unspecified atom stereocenters. The summed E-state index contributed by atoms with van der Waals surface area (Å²) in [4.78, 5) is 0. The first-order chi connectivity index (χ1) is 7.15. The maximum absolute atomic E-state index is 9.21. The van der Waals surface area contributed by atoms with Crippen molar-refractivity contribution in [2.45, 2.75) is 25.9 Å². The highest BCUT2D eigenvalue weighted by atomic mass is 16.5. The highest BCUT2D eigenvalue weighted by Gasteiger charge is 2.28. The number of aryl methyl sites for hydroxylation is 1. The molecule has 0 spiro atoms. The van der Waals surface area contributed by atoms with Crippen molar-refractivity contribution in [1.29, 1.82) is 0 Å². The Morgan fingerprint density at radius 1 is 1.13 bits per heavy atom. The van der Waals surface area contributed by atoms with Gasteiger partial charge >= 0.3 is 0 Å². The molecule has 0 heterocycles. The van der Waals surface area contributed by atoms with Gasteiger partial charge in [-0.2, -0.15) is 0 Å². The molecular formula is C12H18O3. The van der Waals surface area contributed by atoms with Crippen LogP contribution in [0.25, 0.3) is 0 Å². The van der Waals surface area contributed by atoms with E-state index in [1.165, 1.54) is 0 Å². The highest BCUT2D eigenvalue weighted by Crippen LogP contribution is 2.21. The van der Waals surface area contributed by atoms with E-state index in [9.17, 15) is 10.2 Å². The van der Waals surface area contributed by atoms with E-state index in [4.69, 9.17) is 4.74 Å². The van der Waals surface area contributed by atoms with Gasteiger partial charge < -0.3 is 14.9 Å². The molecule has 0 radical (unpaired) electrons. The molecule has 0 bridgehead atoms.